The molecule has 4 bridgehead atoms. The SMILES string of the molecule is CCOC(=O)CCc1cc2ccoc2c2c1O[C@@H]1O[C@@](CO)(CSSCCNCCO2)[C@]2(O)C[C@@H]3CC[C@H](O)[C@@H](CO)[C@H]3[C@@]1(O)[C@H]2O. The van der Waals surface area contributed by atoms with Crippen molar-refractivity contribution in [2.75, 3.05) is 51.0 Å². The van der Waals surface area contributed by atoms with Gasteiger partial charge in [-0.05, 0) is 56.2 Å². The Bertz CT molecular complexity index is 1410. The lowest BCUT2D eigenvalue weighted by atomic mass is 9.49. The molecule has 0 spiro atoms. The Morgan fingerprint density at radius 1 is 1.15 bits per heavy atom. The summed E-state index contributed by atoms with van der Waals surface area (Å²) in [4.78, 5) is 12.5. The van der Waals surface area contributed by atoms with Crippen LogP contribution >= 0.6 is 21.6 Å². The molecule has 0 unspecified atom stereocenters. The molecule has 2 aromatic rings. The molecule has 9 atom stereocenters. The number of carbonyl (C=O) groups excluding carboxylic acids is 1. The predicted octanol–water partition coefficient (Wildman–Crippen LogP) is 0.981. The second-order valence-corrected chi connectivity index (χ2v) is 15.5. The average Bonchev–Trinajstić information content (AvgIpc) is 3.52. The molecule has 1 aromatic heterocycles. The van der Waals surface area contributed by atoms with Crippen LogP contribution in [0.4, 0.5) is 0 Å². The van der Waals surface area contributed by atoms with E-state index >= 15 is 0 Å². The monoisotopic (exact) mass is 699 g/mol. The first kappa shape index (κ1) is 35.1. The van der Waals surface area contributed by atoms with E-state index in [-0.39, 0.29) is 49.7 Å². The van der Waals surface area contributed by atoms with E-state index in [0.29, 0.717) is 48.2 Å². The van der Waals surface area contributed by atoms with Gasteiger partial charge in [0.05, 0.1) is 25.6 Å². The van der Waals surface area contributed by atoms with E-state index in [4.69, 9.17) is 23.4 Å². The molecule has 262 valence electrons. The smallest absolute Gasteiger partial charge is 0.306 e. The van der Waals surface area contributed by atoms with Gasteiger partial charge in [0.15, 0.2) is 16.9 Å². The van der Waals surface area contributed by atoms with Gasteiger partial charge in [-0.25, -0.2) is 0 Å². The fourth-order valence-corrected chi connectivity index (χ4v) is 10.5. The number of benzene rings is 1. The van der Waals surface area contributed by atoms with E-state index in [0.717, 1.165) is 0 Å². The zero-order valence-electron chi connectivity index (χ0n) is 26.3. The Morgan fingerprint density at radius 2 is 1.98 bits per heavy atom. The summed E-state index contributed by atoms with van der Waals surface area (Å²) in [6.45, 7) is 2.12. The molecule has 2 saturated carbocycles. The van der Waals surface area contributed by atoms with Crippen LogP contribution in [-0.2, 0) is 20.7 Å². The Hall–Kier alpha value is -1.79. The Morgan fingerprint density at radius 3 is 2.74 bits per heavy atom. The van der Waals surface area contributed by atoms with Crippen LogP contribution in [0.25, 0.3) is 11.0 Å². The minimum atomic E-state index is -2.35. The van der Waals surface area contributed by atoms with E-state index in [2.05, 4.69) is 5.32 Å². The highest BCUT2D eigenvalue weighted by molar-refractivity contribution is 8.76. The number of esters is 1. The van der Waals surface area contributed by atoms with Crippen LogP contribution < -0.4 is 14.8 Å². The number of carbonyl (C=O) groups is 1. The second kappa shape index (κ2) is 14.2. The summed E-state index contributed by atoms with van der Waals surface area (Å²) in [6.07, 6.45) is -2.23. The molecule has 2 aliphatic carbocycles. The van der Waals surface area contributed by atoms with Gasteiger partial charge in [0, 0.05) is 54.8 Å². The lowest BCUT2D eigenvalue weighted by Crippen LogP contribution is -2.85. The molecular weight excluding hydrogens is 654 g/mol. The van der Waals surface area contributed by atoms with Gasteiger partial charge in [-0.2, -0.15) is 0 Å². The van der Waals surface area contributed by atoms with Gasteiger partial charge >= 0.3 is 5.97 Å². The minimum absolute atomic E-state index is 0.00460. The van der Waals surface area contributed by atoms with Crippen molar-refractivity contribution in [2.45, 2.75) is 74.3 Å². The maximum Gasteiger partial charge on any atom is 0.306 e. The molecule has 1 saturated heterocycles. The van der Waals surface area contributed by atoms with Gasteiger partial charge in [0.25, 0.3) is 0 Å². The molecule has 0 radical (unpaired) electrons. The highest BCUT2D eigenvalue weighted by atomic mass is 33.1. The molecule has 15 heteroatoms. The molecule has 3 fully saturated rings. The van der Waals surface area contributed by atoms with E-state index in [1.54, 1.807) is 19.1 Å². The van der Waals surface area contributed by atoms with Crippen LogP contribution in [0.1, 0.15) is 38.2 Å². The van der Waals surface area contributed by atoms with Gasteiger partial charge < -0.3 is 59.3 Å². The standard InChI is InChI=1S/C32H45NO12S2/c1-2-41-23(37)6-4-18-13-19-7-10-42-25(19)27-26(18)44-29-32(40)24-20(3-5-22(36)21(24)15-34)14-31(39,28(32)38)30(16-35,45-29)17-47-46-12-9-33-8-11-43-27/h7,10,13,20-22,24,28-29,33-36,38-40H,2-6,8-9,11-12,14-17H2,1H3/t20-,21+,22-,24-,28-,29+,30-,31-,32+/m0/s1. The van der Waals surface area contributed by atoms with Crippen LogP contribution in [-0.4, -0.2) is 123 Å². The number of nitrogens with one attached hydrogen (secondary N) is 1. The largest absolute Gasteiger partial charge is 0.485 e. The van der Waals surface area contributed by atoms with E-state index in [9.17, 15) is 35.4 Å². The van der Waals surface area contributed by atoms with E-state index in [1.165, 1.54) is 27.9 Å². The lowest BCUT2D eigenvalue weighted by Gasteiger charge is -2.67. The van der Waals surface area contributed by atoms with Crippen molar-refractivity contribution in [3.8, 4) is 11.5 Å². The summed E-state index contributed by atoms with van der Waals surface area (Å²) in [6, 6.07) is 3.53. The molecule has 0 amide bonds. The van der Waals surface area contributed by atoms with Crippen LogP contribution in [0.3, 0.4) is 0 Å². The topological polar surface area (TPSA) is 201 Å². The Kier molecular flexibility index (Phi) is 10.6. The van der Waals surface area contributed by atoms with Crippen molar-refractivity contribution in [1.29, 1.82) is 0 Å². The van der Waals surface area contributed by atoms with Crippen LogP contribution in [0.5, 0.6) is 11.5 Å². The van der Waals surface area contributed by atoms with Gasteiger partial charge in [-0.1, -0.05) is 21.6 Å². The highest BCUT2D eigenvalue weighted by Gasteiger charge is 2.77. The third-order valence-corrected chi connectivity index (χ3v) is 12.9. The van der Waals surface area contributed by atoms with Crippen molar-refractivity contribution in [1.82, 2.24) is 5.32 Å². The number of aliphatic hydroxyl groups excluding tert-OH is 4. The summed E-state index contributed by atoms with van der Waals surface area (Å²) in [7, 11) is 2.88. The molecule has 1 aromatic carbocycles. The van der Waals surface area contributed by atoms with Crippen molar-refractivity contribution < 1.29 is 58.8 Å². The average molecular weight is 700 g/mol. The van der Waals surface area contributed by atoms with Gasteiger partial charge in [0.1, 0.15) is 23.9 Å². The summed E-state index contributed by atoms with van der Waals surface area (Å²) >= 11 is 0. The molecule has 2 aliphatic heterocycles. The maximum atomic E-state index is 12.8. The summed E-state index contributed by atoms with van der Waals surface area (Å²) in [5, 5.41) is 73.7. The number of rotatable bonds is 6. The molecule has 6 rings (SSSR count). The highest BCUT2D eigenvalue weighted by Crippen LogP contribution is 2.61. The number of furan rings is 1. The van der Waals surface area contributed by atoms with Crippen molar-refractivity contribution in [3.05, 3.63) is 24.0 Å². The number of fused-ring (bicyclic) bond motifs is 11. The number of hydrogen-bond acceptors (Lipinski definition) is 15. The molecule has 47 heavy (non-hydrogen) atoms. The lowest BCUT2D eigenvalue weighted by molar-refractivity contribution is -0.421. The van der Waals surface area contributed by atoms with Crippen molar-refractivity contribution in [3.63, 3.8) is 0 Å². The number of aryl methyl sites for hydroxylation is 1. The predicted molar refractivity (Wildman–Crippen MR) is 173 cm³/mol. The minimum Gasteiger partial charge on any atom is -0.485 e. The fraction of sp³-hybridized carbons (Fsp3) is 0.719. The van der Waals surface area contributed by atoms with E-state index < -0.39 is 72.2 Å². The number of aliphatic hydroxyl groups is 6. The van der Waals surface area contributed by atoms with Gasteiger partial charge in [0.2, 0.25) is 12.0 Å². The third-order valence-electron chi connectivity index (χ3n) is 10.4. The summed E-state index contributed by atoms with van der Waals surface area (Å²) in [5.41, 5.74) is -5.36. The molecule has 4 aliphatic rings. The zero-order chi connectivity index (χ0) is 33.4. The molecule has 3 heterocycles. The first-order chi connectivity index (χ1) is 22.6. The van der Waals surface area contributed by atoms with Gasteiger partial charge in [-0.3, -0.25) is 4.79 Å². The maximum absolute atomic E-state index is 12.8. The molecular formula is C32H45NO12S2. The second-order valence-electron chi connectivity index (χ2n) is 12.9. The summed E-state index contributed by atoms with van der Waals surface area (Å²) in [5.74, 6) is -1.65. The van der Waals surface area contributed by atoms with Crippen LogP contribution in [0.15, 0.2) is 22.8 Å². The normalized spacial score (nSPS) is 37.8. The van der Waals surface area contributed by atoms with Crippen LogP contribution in [0.2, 0.25) is 0 Å². The Labute approximate surface area is 280 Å². The molecule has 7 N–H and O–H groups in total. The summed E-state index contributed by atoms with van der Waals surface area (Å²) < 4.78 is 30.5. The van der Waals surface area contributed by atoms with Crippen molar-refractivity contribution in [2.24, 2.45) is 17.8 Å². The first-order valence-electron chi connectivity index (χ1n) is 16.3. The quantitative estimate of drug-likeness (QED) is 0.166. The van der Waals surface area contributed by atoms with Crippen LogP contribution in [0, 0.1) is 17.8 Å². The number of ether oxygens (including phenoxy) is 4. The van der Waals surface area contributed by atoms with Crippen molar-refractivity contribution >= 4 is 38.5 Å². The fourth-order valence-electron chi connectivity index (χ4n) is 8.05. The molecule has 13 nitrogen and oxygen atoms in total. The van der Waals surface area contributed by atoms with Gasteiger partial charge in [-0.15, -0.1) is 0 Å². The zero-order valence-corrected chi connectivity index (χ0v) is 28.0. The number of hydrogen-bond donors (Lipinski definition) is 7. The first-order valence-corrected chi connectivity index (χ1v) is 18.8. The Balaban J connectivity index is 1.53. The third kappa shape index (κ3) is 6.04. The van der Waals surface area contributed by atoms with E-state index in [1.807, 2.05) is 0 Å².